The van der Waals surface area contributed by atoms with Crippen LogP contribution in [0, 0.1) is 0 Å². The van der Waals surface area contributed by atoms with E-state index in [4.69, 9.17) is 18.6 Å². The van der Waals surface area contributed by atoms with Gasteiger partial charge in [-0.3, -0.25) is 4.79 Å². The summed E-state index contributed by atoms with van der Waals surface area (Å²) in [6.45, 7) is 0. The van der Waals surface area contributed by atoms with Crippen LogP contribution in [-0.2, 0) is 0 Å². The van der Waals surface area contributed by atoms with E-state index in [2.05, 4.69) is 0 Å². The van der Waals surface area contributed by atoms with E-state index >= 15 is 0 Å². The molecule has 7 nitrogen and oxygen atoms in total. The lowest BCUT2D eigenvalue weighted by Crippen LogP contribution is -2.03. The predicted octanol–water partition coefficient (Wildman–Crippen LogP) is 8.45. The molecule has 43 heavy (non-hydrogen) atoms. The summed E-state index contributed by atoms with van der Waals surface area (Å²) in [6, 6.07) is 35.2. The Labute approximate surface area is 246 Å². The smallest absolute Gasteiger partial charge is 0.339 e. The van der Waals surface area contributed by atoms with Gasteiger partial charge in [-0.2, -0.15) is 0 Å². The number of carboxylic acids is 1. The molecule has 0 aliphatic carbocycles. The van der Waals surface area contributed by atoms with Gasteiger partial charge in [0.25, 0.3) is 0 Å². The fraction of sp³-hybridized carbons (Fsp3) is 0.0556. The van der Waals surface area contributed by atoms with Crippen LogP contribution in [0.5, 0.6) is 23.0 Å². The molecule has 0 atom stereocenters. The first-order valence-electron chi connectivity index (χ1n) is 13.5. The Hall–Kier alpha value is -5.82. The first kappa shape index (κ1) is 27.4. The van der Waals surface area contributed by atoms with Crippen molar-refractivity contribution in [3.05, 3.63) is 131 Å². The largest absolute Gasteiger partial charge is 0.497 e. The second-order valence-electron chi connectivity index (χ2n) is 9.73. The summed E-state index contributed by atoms with van der Waals surface area (Å²) in [5.41, 5.74) is 1.22. The normalized spacial score (nSPS) is 10.8. The van der Waals surface area contributed by atoms with Crippen molar-refractivity contribution in [1.82, 2.24) is 0 Å². The molecular formula is C36H26O7. The van der Waals surface area contributed by atoms with Gasteiger partial charge in [0, 0.05) is 0 Å². The number of rotatable bonds is 5. The maximum atomic E-state index is 12.9. The number of hydrogen-bond acceptors (Lipinski definition) is 6. The average molecular weight is 571 g/mol. The van der Waals surface area contributed by atoms with Crippen molar-refractivity contribution in [2.75, 3.05) is 14.2 Å². The number of methoxy groups -OCH3 is 2. The van der Waals surface area contributed by atoms with Gasteiger partial charge in [-0.1, -0.05) is 60.7 Å². The third-order valence-corrected chi connectivity index (χ3v) is 7.14. The van der Waals surface area contributed by atoms with E-state index in [0.717, 1.165) is 21.5 Å². The van der Waals surface area contributed by atoms with E-state index in [1.54, 1.807) is 37.4 Å². The maximum Gasteiger partial charge on any atom is 0.339 e. The van der Waals surface area contributed by atoms with E-state index in [-0.39, 0.29) is 16.7 Å². The van der Waals surface area contributed by atoms with Crippen LogP contribution in [0.3, 0.4) is 0 Å². The Kier molecular flexibility index (Phi) is 7.37. The molecule has 7 heteroatoms. The molecule has 0 bridgehead atoms. The molecule has 0 spiro atoms. The summed E-state index contributed by atoms with van der Waals surface area (Å²) in [7, 11) is 3.07. The molecule has 6 aromatic carbocycles. The first-order valence-corrected chi connectivity index (χ1v) is 13.5. The Balaban J connectivity index is 0.000000153. The summed E-state index contributed by atoms with van der Waals surface area (Å²) >= 11 is 0. The summed E-state index contributed by atoms with van der Waals surface area (Å²) in [6.07, 6.45) is 0. The number of benzene rings is 6. The number of carboxylic acid groups (broad SMARTS) is 1. The van der Waals surface area contributed by atoms with Gasteiger partial charge in [0.05, 0.1) is 25.0 Å². The second kappa shape index (κ2) is 11.6. The quantitative estimate of drug-likeness (QED) is 0.164. The van der Waals surface area contributed by atoms with Gasteiger partial charge in [0.15, 0.2) is 0 Å². The molecule has 0 amide bonds. The Morgan fingerprint density at radius 2 is 1.26 bits per heavy atom. The summed E-state index contributed by atoms with van der Waals surface area (Å²) in [4.78, 5) is 24.2. The molecule has 1 aromatic heterocycles. The predicted molar refractivity (Wildman–Crippen MR) is 168 cm³/mol. The zero-order chi connectivity index (χ0) is 29.9. The molecule has 0 fully saturated rings. The molecule has 0 saturated heterocycles. The third kappa shape index (κ3) is 5.44. The van der Waals surface area contributed by atoms with Crippen LogP contribution in [0.25, 0.3) is 43.5 Å². The monoisotopic (exact) mass is 570 g/mol. The fourth-order valence-corrected chi connectivity index (χ4v) is 4.98. The fourth-order valence-electron chi connectivity index (χ4n) is 4.98. The molecule has 7 aromatic rings. The van der Waals surface area contributed by atoms with Gasteiger partial charge in [0.1, 0.15) is 39.7 Å². The highest BCUT2D eigenvalue weighted by Gasteiger charge is 2.14. The summed E-state index contributed by atoms with van der Waals surface area (Å²) < 4.78 is 21.9. The minimum Gasteiger partial charge on any atom is -0.497 e. The lowest BCUT2D eigenvalue weighted by atomic mass is 10.0. The lowest BCUT2D eigenvalue weighted by Gasteiger charge is -2.11. The van der Waals surface area contributed by atoms with Crippen molar-refractivity contribution in [3.63, 3.8) is 0 Å². The zero-order valence-electron chi connectivity index (χ0n) is 23.4. The molecule has 0 unspecified atom stereocenters. The number of aromatic carboxylic acids is 1. The Morgan fingerprint density at radius 1 is 0.628 bits per heavy atom. The van der Waals surface area contributed by atoms with Gasteiger partial charge >= 0.3 is 5.97 Å². The molecule has 212 valence electrons. The van der Waals surface area contributed by atoms with Crippen LogP contribution in [0.4, 0.5) is 0 Å². The van der Waals surface area contributed by atoms with Crippen molar-refractivity contribution < 1.29 is 28.5 Å². The highest BCUT2D eigenvalue weighted by Crippen LogP contribution is 2.31. The lowest BCUT2D eigenvalue weighted by molar-refractivity contribution is 0.0693. The summed E-state index contributed by atoms with van der Waals surface area (Å²) in [5.74, 6) is 0.933. The van der Waals surface area contributed by atoms with Crippen LogP contribution >= 0.6 is 0 Å². The standard InChI is InChI=1S/C18H14O4.C18H12O3/c1-21-14-8-9-17(16(11-14)18(19)20)22-15-7-6-12-4-2-3-5-13(12)10-15;1-20-12-7-9-15-14(10-12)18(19)17-13-5-3-2-4-11(13)6-8-16(17)21-15/h2-11H,1H3,(H,19,20);2-10H,1H3. The van der Waals surface area contributed by atoms with Crippen LogP contribution in [0.1, 0.15) is 10.4 Å². The molecule has 7 rings (SSSR count). The summed E-state index contributed by atoms with van der Waals surface area (Å²) in [5, 5.41) is 14.5. The van der Waals surface area contributed by atoms with Crippen LogP contribution in [0.15, 0.2) is 124 Å². The minimum absolute atomic E-state index is 0.0260. The average Bonchev–Trinajstić information content (AvgIpc) is 3.05. The van der Waals surface area contributed by atoms with Crippen molar-refractivity contribution in [1.29, 1.82) is 0 Å². The Morgan fingerprint density at radius 3 is 2.02 bits per heavy atom. The van der Waals surface area contributed by atoms with Gasteiger partial charge in [-0.05, 0) is 76.1 Å². The van der Waals surface area contributed by atoms with E-state index in [9.17, 15) is 14.7 Å². The molecule has 1 N–H and O–H groups in total. The molecule has 0 aliphatic heterocycles. The minimum atomic E-state index is -1.06. The highest BCUT2D eigenvalue weighted by atomic mass is 16.5. The van der Waals surface area contributed by atoms with E-state index in [1.165, 1.54) is 13.2 Å². The number of fused-ring (bicyclic) bond motifs is 5. The van der Waals surface area contributed by atoms with Crippen molar-refractivity contribution in [2.45, 2.75) is 0 Å². The highest BCUT2D eigenvalue weighted by molar-refractivity contribution is 6.08. The van der Waals surface area contributed by atoms with Crippen molar-refractivity contribution in [2.24, 2.45) is 0 Å². The molecule has 0 radical (unpaired) electrons. The van der Waals surface area contributed by atoms with Crippen molar-refractivity contribution in [3.8, 4) is 23.0 Å². The van der Waals surface area contributed by atoms with Gasteiger partial charge in [-0.25, -0.2) is 4.79 Å². The molecule has 0 aliphatic rings. The maximum absolute atomic E-state index is 12.9. The van der Waals surface area contributed by atoms with Crippen LogP contribution < -0.4 is 19.6 Å². The molecule has 1 heterocycles. The van der Waals surface area contributed by atoms with Gasteiger partial charge < -0.3 is 23.7 Å². The number of hydrogen-bond donors (Lipinski definition) is 1. The van der Waals surface area contributed by atoms with Crippen LogP contribution in [-0.4, -0.2) is 25.3 Å². The second-order valence-corrected chi connectivity index (χ2v) is 9.73. The number of ether oxygens (including phenoxy) is 3. The SMILES string of the molecule is COc1ccc(Oc2ccc3ccccc3c2)c(C(=O)O)c1.COc1ccc2oc3ccc4ccccc4c3c(=O)c2c1. The first-order chi connectivity index (χ1) is 20.9. The van der Waals surface area contributed by atoms with Gasteiger partial charge in [0.2, 0.25) is 5.43 Å². The molecular weight excluding hydrogens is 544 g/mol. The molecule has 0 saturated carbocycles. The van der Waals surface area contributed by atoms with E-state index < -0.39 is 5.97 Å². The number of carbonyl (C=O) groups is 1. The van der Waals surface area contributed by atoms with Crippen molar-refractivity contribution >= 4 is 49.5 Å². The third-order valence-electron chi connectivity index (χ3n) is 7.14. The zero-order valence-corrected chi connectivity index (χ0v) is 23.4. The van der Waals surface area contributed by atoms with E-state index in [0.29, 0.717) is 39.2 Å². The Bertz CT molecular complexity index is 2200. The van der Waals surface area contributed by atoms with Crippen LogP contribution in [0.2, 0.25) is 0 Å². The topological polar surface area (TPSA) is 95.2 Å². The van der Waals surface area contributed by atoms with Gasteiger partial charge in [-0.15, -0.1) is 0 Å². The van der Waals surface area contributed by atoms with E-state index in [1.807, 2.05) is 78.9 Å².